The zero-order valence-electron chi connectivity index (χ0n) is 9.51. The van der Waals surface area contributed by atoms with Crippen LogP contribution < -0.4 is 4.90 Å². The first-order chi connectivity index (χ1) is 8.54. The summed E-state index contributed by atoms with van der Waals surface area (Å²) in [6, 6.07) is 3.55. The van der Waals surface area contributed by atoms with Gasteiger partial charge in [0.05, 0.1) is 4.92 Å². The molecule has 94 valence electrons. The van der Waals surface area contributed by atoms with Crippen LogP contribution in [0.2, 0.25) is 0 Å². The molecular formula is C12H11FN2O3. The molecule has 1 heterocycles. The molecule has 1 aromatic carbocycles. The molecule has 6 heteroatoms. The third-order valence-electron chi connectivity index (χ3n) is 2.92. The average Bonchev–Trinajstić information content (AvgIpc) is 2.70. The van der Waals surface area contributed by atoms with Crippen LogP contribution in [-0.2, 0) is 4.79 Å². The third-order valence-corrected chi connectivity index (χ3v) is 2.92. The first-order valence-electron chi connectivity index (χ1n) is 5.40. The Morgan fingerprint density at radius 2 is 2.28 bits per heavy atom. The van der Waals surface area contributed by atoms with Crippen LogP contribution in [0.1, 0.15) is 6.42 Å². The van der Waals surface area contributed by atoms with E-state index >= 15 is 0 Å². The van der Waals surface area contributed by atoms with E-state index in [9.17, 15) is 19.3 Å². The lowest BCUT2D eigenvalue weighted by molar-refractivity contribution is -0.384. The lowest BCUT2D eigenvalue weighted by Gasteiger charge is -2.16. The van der Waals surface area contributed by atoms with E-state index in [-0.39, 0.29) is 30.5 Å². The van der Waals surface area contributed by atoms with E-state index in [1.54, 1.807) is 6.08 Å². The summed E-state index contributed by atoms with van der Waals surface area (Å²) in [5, 5.41) is 10.9. The topological polar surface area (TPSA) is 63.5 Å². The monoisotopic (exact) mass is 250 g/mol. The largest absolute Gasteiger partial charge is 0.303 e. The van der Waals surface area contributed by atoms with Gasteiger partial charge in [0, 0.05) is 24.9 Å². The van der Waals surface area contributed by atoms with Gasteiger partial charge in [-0.1, -0.05) is 12.1 Å². The summed E-state index contributed by atoms with van der Waals surface area (Å²) < 4.78 is 13.7. The number of halogens is 1. The van der Waals surface area contributed by atoms with Crippen molar-refractivity contribution in [1.29, 1.82) is 0 Å². The van der Waals surface area contributed by atoms with Crippen molar-refractivity contribution in [3.05, 3.63) is 46.8 Å². The molecule has 0 saturated carbocycles. The van der Waals surface area contributed by atoms with Crippen LogP contribution >= 0.6 is 0 Å². The fourth-order valence-electron chi connectivity index (χ4n) is 2.03. The summed E-state index contributed by atoms with van der Waals surface area (Å²) in [6.45, 7) is 3.80. The van der Waals surface area contributed by atoms with Crippen molar-refractivity contribution in [3.63, 3.8) is 0 Å². The summed E-state index contributed by atoms with van der Waals surface area (Å²) in [4.78, 5) is 23.1. The SMILES string of the molecule is C=CC1CC(=O)N(c2c(F)cccc2[N+](=O)[O-])C1. The van der Waals surface area contributed by atoms with E-state index < -0.39 is 16.4 Å². The smallest absolute Gasteiger partial charge is 0.296 e. The number of anilines is 1. The van der Waals surface area contributed by atoms with Gasteiger partial charge in [-0.15, -0.1) is 6.58 Å². The molecular weight excluding hydrogens is 239 g/mol. The van der Waals surface area contributed by atoms with Crippen molar-refractivity contribution in [3.8, 4) is 0 Å². The highest BCUT2D eigenvalue weighted by Gasteiger charge is 2.34. The minimum absolute atomic E-state index is 0.100. The minimum Gasteiger partial charge on any atom is -0.303 e. The number of carbonyl (C=O) groups is 1. The van der Waals surface area contributed by atoms with Gasteiger partial charge < -0.3 is 4.90 Å². The molecule has 5 nitrogen and oxygen atoms in total. The molecule has 1 saturated heterocycles. The summed E-state index contributed by atoms with van der Waals surface area (Å²) >= 11 is 0. The Morgan fingerprint density at radius 1 is 1.56 bits per heavy atom. The number of para-hydroxylation sites is 1. The molecule has 1 amide bonds. The third kappa shape index (κ3) is 1.97. The molecule has 0 aliphatic carbocycles. The average molecular weight is 250 g/mol. The van der Waals surface area contributed by atoms with Gasteiger partial charge in [-0.3, -0.25) is 14.9 Å². The number of hydrogen-bond acceptors (Lipinski definition) is 3. The van der Waals surface area contributed by atoms with Gasteiger partial charge in [0.15, 0.2) is 11.5 Å². The zero-order chi connectivity index (χ0) is 13.3. The van der Waals surface area contributed by atoms with Crippen molar-refractivity contribution < 1.29 is 14.1 Å². The lowest BCUT2D eigenvalue weighted by atomic mass is 10.1. The predicted octanol–water partition coefficient (Wildman–Crippen LogP) is 2.27. The molecule has 1 aromatic rings. The zero-order valence-corrected chi connectivity index (χ0v) is 9.51. The molecule has 0 N–H and O–H groups in total. The van der Waals surface area contributed by atoms with Gasteiger partial charge >= 0.3 is 0 Å². The molecule has 0 spiro atoms. The molecule has 1 aliphatic rings. The number of nitro groups is 1. The minimum atomic E-state index is -0.762. The number of hydrogen-bond donors (Lipinski definition) is 0. The maximum Gasteiger partial charge on any atom is 0.296 e. The molecule has 18 heavy (non-hydrogen) atoms. The molecule has 1 atom stereocenters. The van der Waals surface area contributed by atoms with E-state index in [2.05, 4.69) is 6.58 Å². The number of nitro benzene ring substituents is 1. The van der Waals surface area contributed by atoms with Gasteiger partial charge in [-0.05, 0) is 6.07 Å². The van der Waals surface area contributed by atoms with Crippen molar-refractivity contribution in [1.82, 2.24) is 0 Å². The molecule has 1 aliphatic heterocycles. The fraction of sp³-hybridized carbons (Fsp3) is 0.250. The Kier molecular flexibility index (Phi) is 3.10. The van der Waals surface area contributed by atoms with Crippen LogP contribution in [0.3, 0.4) is 0 Å². The standard InChI is InChI=1S/C12H11FN2O3/c1-2-8-6-11(16)14(7-8)12-9(13)4-3-5-10(12)15(17)18/h2-5,8H,1,6-7H2. The van der Waals surface area contributed by atoms with Crippen LogP contribution in [0.5, 0.6) is 0 Å². The second-order valence-corrected chi connectivity index (χ2v) is 4.07. The van der Waals surface area contributed by atoms with E-state index in [0.717, 1.165) is 11.0 Å². The molecule has 2 rings (SSSR count). The van der Waals surface area contributed by atoms with Crippen LogP contribution in [0.25, 0.3) is 0 Å². The Hall–Kier alpha value is -2.24. The summed E-state index contributed by atoms with van der Waals surface area (Å²) in [5.74, 6) is -1.19. The van der Waals surface area contributed by atoms with Crippen LogP contribution in [0.4, 0.5) is 15.8 Å². The first-order valence-corrected chi connectivity index (χ1v) is 5.40. The summed E-state index contributed by atoms with van der Waals surface area (Å²) in [7, 11) is 0. The number of benzene rings is 1. The number of carbonyl (C=O) groups excluding carboxylic acids is 1. The number of nitrogens with zero attached hydrogens (tertiary/aromatic N) is 2. The quantitative estimate of drug-likeness (QED) is 0.469. The second kappa shape index (κ2) is 4.56. The van der Waals surface area contributed by atoms with Gasteiger partial charge in [0.25, 0.3) is 5.69 Å². The van der Waals surface area contributed by atoms with Crippen molar-refractivity contribution in [2.24, 2.45) is 5.92 Å². The lowest BCUT2D eigenvalue weighted by Crippen LogP contribution is -2.26. The first kappa shape index (κ1) is 12.2. The highest BCUT2D eigenvalue weighted by molar-refractivity contribution is 5.98. The van der Waals surface area contributed by atoms with Gasteiger partial charge in [-0.2, -0.15) is 0 Å². The molecule has 0 aromatic heterocycles. The summed E-state index contributed by atoms with van der Waals surface area (Å²) in [6.07, 6.45) is 1.81. The van der Waals surface area contributed by atoms with E-state index in [1.807, 2.05) is 0 Å². The summed E-state index contributed by atoms with van der Waals surface area (Å²) in [5.41, 5.74) is -0.648. The normalized spacial score (nSPS) is 19.1. The van der Waals surface area contributed by atoms with Crippen LogP contribution in [-0.4, -0.2) is 17.4 Å². The van der Waals surface area contributed by atoms with Crippen LogP contribution in [0, 0.1) is 21.8 Å². The maximum atomic E-state index is 13.7. The number of rotatable bonds is 3. The molecule has 1 fully saturated rings. The van der Waals surface area contributed by atoms with E-state index in [1.165, 1.54) is 12.1 Å². The highest BCUT2D eigenvalue weighted by atomic mass is 19.1. The Bertz CT molecular complexity index is 530. The van der Waals surface area contributed by atoms with E-state index in [4.69, 9.17) is 0 Å². The van der Waals surface area contributed by atoms with Crippen molar-refractivity contribution in [2.45, 2.75) is 6.42 Å². The predicted molar refractivity (Wildman–Crippen MR) is 63.7 cm³/mol. The van der Waals surface area contributed by atoms with E-state index in [0.29, 0.717) is 0 Å². The van der Waals surface area contributed by atoms with Gasteiger partial charge in [0.1, 0.15) is 0 Å². The number of amides is 1. The molecule has 1 unspecified atom stereocenters. The van der Waals surface area contributed by atoms with Gasteiger partial charge in [0.2, 0.25) is 5.91 Å². The fourth-order valence-corrected chi connectivity index (χ4v) is 2.03. The molecule has 0 bridgehead atoms. The van der Waals surface area contributed by atoms with Crippen molar-refractivity contribution in [2.75, 3.05) is 11.4 Å². The van der Waals surface area contributed by atoms with Gasteiger partial charge in [-0.25, -0.2) is 4.39 Å². The Balaban J connectivity index is 2.48. The van der Waals surface area contributed by atoms with Crippen LogP contribution in [0.15, 0.2) is 30.9 Å². The molecule has 0 radical (unpaired) electrons. The Morgan fingerprint density at radius 3 is 2.83 bits per heavy atom. The Labute approximate surface area is 103 Å². The second-order valence-electron chi connectivity index (χ2n) is 4.07. The maximum absolute atomic E-state index is 13.7. The van der Waals surface area contributed by atoms with Crippen molar-refractivity contribution >= 4 is 17.3 Å². The highest BCUT2D eigenvalue weighted by Crippen LogP contribution is 2.35.